The Kier molecular flexibility index (Phi) is 1.90. The Balaban J connectivity index is 2.31. The molecule has 1 saturated carbocycles. The lowest BCUT2D eigenvalue weighted by Crippen LogP contribution is -2.35. The molecule has 0 amide bonds. The third-order valence-corrected chi connectivity index (χ3v) is 3.46. The lowest BCUT2D eigenvalue weighted by Gasteiger charge is -2.42. The zero-order valence-corrected chi connectivity index (χ0v) is 8.18. The minimum Gasteiger partial charge on any atom is -0.300 e. The lowest BCUT2D eigenvalue weighted by molar-refractivity contribution is -0.123. The predicted molar refractivity (Wildman–Crippen MR) is 53.4 cm³/mol. The molecule has 2 unspecified atom stereocenters. The summed E-state index contributed by atoms with van der Waals surface area (Å²) in [5, 5.41) is 0. The first-order chi connectivity index (χ1) is 6.12. The van der Waals surface area contributed by atoms with E-state index in [9.17, 15) is 4.79 Å². The van der Waals surface area contributed by atoms with Crippen molar-refractivity contribution in [1.82, 2.24) is 0 Å². The fraction of sp³-hybridized carbons (Fsp3) is 0.583. The van der Waals surface area contributed by atoms with Gasteiger partial charge in [-0.3, -0.25) is 4.79 Å². The molecular weight excluding hydrogens is 160 g/mol. The molecule has 1 fully saturated rings. The fourth-order valence-corrected chi connectivity index (χ4v) is 2.74. The Morgan fingerprint density at radius 3 is 3.15 bits per heavy atom. The molecule has 0 aromatic heterocycles. The number of rotatable bonds is 0. The van der Waals surface area contributed by atoms with Gasteiger partial charge in [-0.2, -0.15) is 0 Å². The minimum absolute atomic E-state index is 0.0880. The SMILES string of the molecule is C=C1CC=CC2(C)CC(=O)CCC12. The monoisotopic (exact) mass is 176 g/mol. The minimum atomic E-state index is 0.0880. The zero-order chi connectivity index (χ0) is 9.47. The van der Waals surface area contributed by atoms with Crippen molar-refractivity contribution >= 4 is 5.78 Å². The van der Waals surface area contributed by atoms with Crippen LogP contribution in [-0.4, -0.2) is 5.78 Å². The maximum atomic E-state index is 11.4. The van der Waals surface area contributed by atoms with E-state index in [-0.39, 0.29) is 5.41 Å². The number of fused-ring (bicyclic) bond motifs is 1. The van der Waals surface area contributed by atoms with Crippen LogP contribution < -0.4 is 0 Å². The van der Waals surface area contributed by atoms with Gasteiger partial charge in [0.05, 0.1) is 0 Å². The molecule has 0 N–H and O–H groups in total. The van der Waals surface area contributed by atoms with Crippen molar-refractivity contribution in [1.29, 1.82) is 0 Å². The molecule has 0 aromatic carbocycles. The number of allylic oxidation sites excluding steroid dienone is 3. The van der Waals surface area contributed by atoms with Crippen LogP contribution in [0, 0.1) is 11.3 Å². The Hall–Kier alpha value is -0.850. The average molecular weight is 176 g/mol. The molecule has 2 aliphatic carbocycles. The van der Waals surface area contributed by atoms with Crippen LogP contribution in [0.4, 0.5) is 0 Å². The van der Waals surface area contributed by atoms with Crippen LogP contribution in [0.3, 0.4) is 0 Å². The van der Waals surface area contributed by atoms with Gasteiger partial charge in [-0.15, -0.1) is 0 Å². The van der Waals surface area contributed by atoms with E-state index in [0.29, 0.717) is 18.1 Å². The van der Waals surface area contributed by atoms with Crippen molar-refractivity contribution < 1.29 is 4.79 Å². The molecule has 0 heterocycles. The van der Waals surface area contributed by atoms with E-state index in [1.807, 2.05) is 0 Å². The normalized spacial score (nSPS) is 39.0. The van der Waals surface area contributed by atoms with E-state index in [4.69, 9.17) is 0 Å². The molecule has 0 radical (unpaired) electrons. The molecule has 2 atom stereocenters. The van der Waals surface area contributed by atoms with Crippen LogP contribution in [0.1, 0.15) is 32.6 Å². The first kappa shape index (κ1) is 8.74. The molecule has 0 spiro atoms. The van der Waals surface area contributed by atoms with Crippen LogP contribution in [0.25, 0.3) is 0 Å². The molecule has 1 heteroatoms. The van der Waals surface area contributed by atoms with Gasteiger partial charge in [-0.1, -0.05) is 31.2 Å². The summed E-state index contributed by atoms with van der Waals surface area (Å²) in [6, 6.07) is 0. The van der Waals surface area contributed by atoms with E-state index < -0.39 is 0 Å². The zero-order valence-electron chi connectivity index (χ0n) is 8.18. The van der Waals surface area contributed by atoms with Crippen molar-refractivity contribution in [2.24, 2.45) is 11.3 Å². The van der Waals surface area contributed by atoms with Gasteiger partial charge in [-0.25, -0.2) is 0 Å². The molecule has 0 bridgehead atoms. The van der Waals surface area contributed by atoms with Crippen molar-refractivity contribution in [2.45, 2.75) is 32.6 Å². The van der Waals surface area contributed by atoms with Gasteiger partial charge < -0.3 is 0 Å². The molecule has 0 saturated heterocycles. The number of hydrogen-bond donors (Lipinski definition) is 0. The molecule has 13 heavy (non-hydrogen) atoms. The average Bonchev–Trinajstić information content (AvgIpc) is 2.02. The molecule has 0 aromatic rings. The Labute approximate surface area is 79.5 Å². The second-order valence-electron chi connectivity index (χ2n) is 4.58. The van der Waals surface area contributed by atoms with Crippen LogP contribution in [0.15, 0.2) is 24.3 Å². The van der Waals surface area contributed by atoms with Gasteiger partial charge in [-0.05, 0) is 24.2 Å². The van der Waals surface area contributed by atoms with E-state index in [1.165, 1.54) is 5.57 Å². The number of carbonyl (C=O) groups excluding carboxylic acids is 1. The summed E-state index contributed by atoms with van der Waals surface area (Å²) in [5.74, 6) is 0.966. The molecule has 1 nitrogen and oxygen atoms in total. The number of hydrogen-bond acceptors (Lipinski definition) is 1. The molecule has 0 aliphatic heterocycles. The van der Waals surface area contributed by atoms with Crippen LogP contribution >= 0.6 is 0 Å². The van der Waals surface area contributed by atoms with Crippen LogP contribution in [0.5, 0.6) is 0 Å². The van der Waals surface area contributed by atoms with E-state index >= 15 is 0 Å². The Bertz CT molecular complexity index is 287. The number of carbonyl (C=O) groups is 1. The lowest BCUT2D eigenvalue weighted by atomic mass is 9.62. The smallest absolute Gasteiger partial charge is 0.133 e. The maximum Gasteiger partial charge on any atom is 0.133 e. The molecule has 2 rings (SSSR count). The summed E-state index contributed by atoms with van der Waals surface area (Å²) in [6.07, 6.45) is 7.88. The third kappa shape index (κ3) is 1.37. The first-order valence-corrected chi connectivity index (χ1v) is 4.99. The highest BCUT2D eigenvalue weighted by atomic mass is 16.1. The predicted octanol–water partition coefficient (Wildman–Crippen LogP) is 2.88. The molecule has 2 aliphatic rings. The topological polar surface area (TPSA) is 17.1 Å². The summed E-state index contributed by atoms with van der Waals surface area (Å²) in [7, 11) is 0. The van der Waals surface area contributed by atoms with Gasteiger partial charge in [0.25, 0.3) is 0 Å². The Morgan fingerprint density at radius 1 is 1.62 bits per heavy atom. The molecule has 70 valence electrons. The summed E-state index contributed by atoms with van der Waals surface area (Å²) < 4.78 is 0. The van der Waals surface area contributed by atoms with Gasteiger partial charge in [0.15, 0.2) is 0 Å². The van der Waals surface area contributed by atoms with Crippen molar-refractivity contribution in [3.8, 4) is 0 Å². The Morgan fingerprint density at radius 2 is 2.38 bits per heavy atom. The van der Waals surface area contributed by atoms with Gasteiger partial charge in [0.2, 0.25) is 0 Å². The van der Waals surface area contributed by atoms with Crippen LogP contribution in [-0.2, 0) is 4.79 Å². The highest BCUT2D eigenvalue weighted by Crippen LogP contribution is 2.47. The van der Waals surface area contributed by atoms with E-state index in [1.54, 1.807) is 0 Å². The highest BCUT2D eigenvalue weighted by molar-refractivity contribution is 5.80. The highest BCUT2D eigenvalue weighted by Gasteiger charge is 2.40. The largest absolute Gasteiger partial charge is 0.300 e. The number of ketones is 1. The second-order valence-corrected chi connectivity index (χ2v) is 4.58. The van der Waals surface area contributed by atoms with Crippen LogP contribution in [0.2, 0.25) is 0 Å². The van der Waals surface area contributed by atoms with Gasteiger partial charge in [0, 0.05) is 12.8 Å². The van der Waals surface area contributed by atoms with Crippen molar-refractivity contribution in [2.75, 3.05) is 0 Å². The van der Waals surface area contributed by atoms with Crippen molar-refractivity contribution in [3.63, 3.8) is 0 Å². The fourth-order valence-electron chi connectivity index (χ4n) is 2.74. The van der Waals surface area contributed by atoms with E-state index in [2.05, 4.69) is 25.7 Å². The maximum absolute atomic E-state index is 11.4. The van der Waals surface area contributed by atoms with Crippen molar-refractivity contribution in [3.05, 3.63) is 24.3 Å². The first-order valence-electron chi connectivity index (χ1n) is 4.99. The second kappa shape index (κ2) is 2.83. The van der Waals surface area contributed by atoms with Gasteiger partial charge >= 0.3 is 0 Å². The standard InChI is InChI=1S/C12H16O/c1-9-4-3-7-12(2)8-10(13)5-6-11(9)12/h3,7,11H,1,4-6,8H2,2H3. The summed E-state index contributed by atoms with van der Waals surface area (Å²) in [6.45, 7) is 6.30. The summed E-state index contributed by atoms with van der Waals surface area (Å²) >= 11 is 0. The number of Topliss-reactive ketones (excluding diaryl/α,β-unsaturated/α-hetero) is 1. The quantitative estimate of drug-likeness (QED) is 0.519. The third-order valence-electron chi connectivity index (χ3n) is 3.46. The summed E-state index contributed by atoms with van der Waals surface area (Å²) in [4.78, 5) is 11.4. The van der Waals surface area contributed by atoms with Gasteiger partial charge in [0.1, 0.15) is 5.78 Å². The van der Waals surface area contributed by atoms with E-state index in [0.717, 1.165) is 19.3 Å². The molecular formula is C12H16O. The summed E-state index contributed by atoms with van der Waals surface area (Å²) in [5.41, 5.74) is 1.41.